The van der Waals surface area contributed by atoms with E-state index in [0.717, 1.165) is 38.8 Å². The Morgan fingerprint density at radius 3 is 2.45 bits per heavy atom. The molecule has 1 rings (SSSR count). The lowest BCUT2D eigenvalue weighted by atomic mass is 9.74. The maximum absolute atomic E-state index is 12.8. The van der Waals surface area contributed by atoms with E-state index in [0.29, 0.717) is 6.54 Å². The van der Waals surface area contributed by atoms with Gasteiger partial charge in [0.2, 0.25) is 11.8 Å². The topological polar surface area (TPSA) is 61.4 Å². The lowest BCUT2D eigenvalue weighted by molar-refractivity contribution is -0.144. The molecule has 1 atom stereocenters. The van der Waals surface area contributed by atoms with Crippen molar-refractivity contribution in [2.45, 2.75) is 39.5 Å². The first-order valence-corrected chi connectivity index (χ1v) is 7.64. The maximum atomic E-state index is 12.8. The standard InChI is InChI=1S/C15H29N3O2/c1-5-6-15(7-9-17-10-8-15)14(20)18(4)11-12(2)13(19)16-3/h12,17H,5-11H2,1-4H3,(H,16,19). The molecular formula is C15H29N3O2. The van der Waals surface area contributed by atoms with Gasteiger partial charge in [0, 0.05) is 20.6 Å². The third-order valence-corrected chi connectivity index (χ3v) is 4.33. The molecule has 0 bridgehead atoms. The largest absolute Gasteiger partial charge is 0.359 e. The molecular weight excluding hydrogens is 254 g/mol. The van der Waals surface area contributed by atoms with Gasteiger partial charge in [-0.05, 0) is 32.4 Å². The molecule has 5 heteroatoms. The molecule has 1 unspecified atom stereocenters. The van der Waals surface area contributed by atoms with Crippen LogP contribution in [0.5, 0.6) is 0 Å². The van der Waals surface area contributed by atoms with Crippen LogP contribution in [0.4, 0.5) is 0 Å². The fourth-order valence-corrected chi connectivity index (χ4v) is 3.18. The highest BCUT2D eigenvalue weighted by atomic mass is 16.2. The summed E-state index contributed by atoms with van der Waals surface area (Å²) >= 11 is 0. The van der Waals surface area contributed by atoms with Gasteiger partial charge in [0.15, 0.2) is 0 Å². The molecule has 0 aromatic rings. The van der Waals surface area contributed by atoms with Gasteiger partial charge in [-0.2, -0.15) is 0 Å². The van der Waals surface area contributed by atoms with Crippen molar-refractivity contribution in [3.8, 4) is 0 Å². The molecule has 0 spiro atoms. The van der Waals surface area contributed by atoms with Crippen molar-refractivity contribution in [1.82, 2.24) is 15.5 Å². The van der Waals surface area contributed by atoms with Crippen molar-refractivity contribution in [1.29, 1.82) is 0 Å². The van der Waals surface area contributed by atoms with E-state index in [2.05, 4.69) is 17.6 Å². The number of hydrogen-bond donors (Lipinski definition) is 2. The van der Waals surface area contributed by atoms with E-state index >= 15 is 0 Å². The number of amides is 2. The number of carbonyl (C=O) groups is 2. The Labute approximate surface area is 122 Å². The van der Waals surface area contributed by atoms with Crippen LogP contribution < -0.4 is 10.6 Å². The van der Waals surface area contributed by atoms with Gasteiger partial charge in [-0.1, -0.05) is 20.3 Å². The first-order chi connectivity index (χ1) is 9.46. The number of nitrogens with zero attached hydrogens (tertiary/aromatic N) is 1. The Morgan fingerprint density at radius 2 is 1.95 bits per heavy atom. The molecule has 5 nitrogen and oxygen atoms in total. The number of carbonyl (C=O) groups excluding carboxylic acids is 2. The van der Waals surface area contributed by atoms with Crippen molar-refractivity contribution >= 4 is 11.8 Å². The van der Waals surface area contributed by atoms with Gasteiger partial charge >= 0.3 is 0 Å². The molecule has 1 heterocycles. The third-order valence-electron chi connectivity index (χ3n) is 4.33. The summed E-state index contributed by atoms with van der Waals surface area (Å²) in [5.41, 5.74) is -0.225. The normalized spacial score (nSPS) is 19.2. The fraction of sp³-hybridized carbons (Fsp3) is 0.867. The average Bonchev–Trinajstić information content (AvgIpc) is 2.46. The molecule has 20 heavy (non-hydrogen) atoms. The summed E-state index contributed by atoms with van der Waals surface area (Å²) in [6.07, 6.45) is 3.76. The molecule has 1 aliphatic rings. The zero-order valence-corrected chi connectivity index (χ0v) is 13.3. The summed E-state index contributed by atoms with van der Waals surface area (Å²) in [5, 5.41) is 5.96. The summed E-state index contributed by atoms with van der Waals surface area (Å²) in [4.78, 5) is 26.2. The minimum Gasteiger partial charge on any atom is -0.359 e. The van der Waals surface area contributed by atoms with Gasteiger partial charge < -0.3 is 15.5 Å². The van der Waals surface area contributed by atoms with E-state index in [4.69, 9.17) is 0 Å². The van der Waals surface area contributed by atoms with Gasteiger partial charge in [-0.25, -0.2) is 0 Å². The van der Waals surface area contributed by atoms with Gasteiger partial charge in [-0.3, -0.25) is 9.59 Å². The van der Waals surface area contributed by atoms with Gasteiger partial charge in [0.05, 0.1) is 11.3 Å². The second-order valence-electron chi connectivity index (χ2n) is 5.98. The predicted molar refractivity (Wildman–Crippen MR) is 80.3 cm³/mol. The summed E-state index contributed by atoms with van der Waals surface area (Å²) in [7, 11) is 3.45. The third kappa shape index (κ3) is 3.95. The molecule has 0 aromatic carbocycles. The van der Waals surface area contributed by atoms with Crippen molar-refractivity contribution in [3.05, 3.63) is 0 Å². The molecule has 116 valence electrons. The smallest absolute Gasteiger partial charge is 0.228 e. The Balaban J connectivity index is 2.71. The second-order valence-corrected chi connectivity index (χ2v) is 5.98. The van der Waals surface area contributed by atoms with Crippen LogP contribution in [0.15, 0.2) is 0 Å². The van der Waals surface area contributed by atoms with Crippen LogP contribution in [0.3, 0.4) is 0 Å². The zero-order valence-electron chi connectivity index (χ0n) is 13.3. The van der Waals surface area contributed by atoms with E-state index in [1.807, 2.05) is 14.0 Å². The highest BCUT2D eigenvalue weighted by Crippen LogP contribution is 2.36. The van der Waals surface area contributed by atoms with Crippen LogP contribution in [-0.4, -0.2) is 50.4 Å². The quantitative estimate of drug-likeness (QED) is 0.764. The monoisotopic (exact) mass is 283 g/mol. The molecule has 2 amide bonds. The minimum absolute atomic E-state index is 0.0143. The van der Waals surface area contributed by atoms with Crippen LogP contribution in [0, 0.1) is 11.3 Å². The van der Waals surface area contributed by atoms with Crippen molar-refractivity contribution in [2.75, 3.05) is 33.7 Å². The van der Waals surface area contributed by atoms with Crippen LogP contribution in [0.25, 0.3) is 0 Å². The Bertz CT molecular complexity index is 333. The van der Waals surface area contributed by atoms with E-state index < -0.39 is 0 Å². The molecule has 1 fully saturated rings. The summed E-state index contributed by atoms with van der Waals surface area (Å²) in [6, 6.07) is 0. The van der Waals surface area contributed by atoms with Gasteiger partial charge in [0.1, 0.15) is 0 Å². The van der Waals surface area contributed by atoms with Crippen molar-refractivity contribution < 1.29 is 9.59 Å². The SMILES string of the molecule is CCCC1(C(=O)N(C)CC(C)C(=O)NC)CCNCC1. The number of nitrogens with one attached hydrogen (secondary N) is 2. The summed E-state index contributed by atoms with van der Waals surface area (Å²) < 4.78 is 0. The number of rotatable bonds is 6. The first-order valence-electron chi connectivity index (χ1n) is 7.64. The van der Waals surface area contributed by atoms with Gasteiger partial charge in [-0.15, -0.1) is 0 Å². The minimum atomic E-state index is -0.225. The number of hydrogen-bond acceptors (Lipinski definition) is 3. The lowest BCUT2D eigenvalue weighted by Crippen LogP contribution is -2.49. The molecule has 0 aromatic heterocycles. The fourth-order valence-electron chi connectivity index (χ4n) is 3.18. The highest BCUT2D eigenvalue weighted by molar-refractivity contribution is 5.84. The molecule has 0 saturated carbocycles. The zero-order chi connectivity index (χ0) is 15.2. The second kappa shape index (κ2) is 7.62. The average molecular weight is 283 g/mol. The predicted octanol–water partition coefficient (Wildman–Crippen LogP) is 0.997. The lowest BCUT2D eigenvalue weighted by Gasteiger charge is -2.39. The Morgan fingerprint density at radius 1 is 1.35 bits per heavy atom. The van der Waals surface area contributed by atoms with E-state index in [9.17, 15) is 9.59 Å². The van der Waals surface area contributed by atoms with Crippen molar-refractivity contribution in [3.63, 3.8) is 0 Å². The van der Waals surface area contributed by atoms with E-state index in [1.165, 1.54) is 0 Å². The molecule has 0 aliphatic carbocycles. The Kier molecular flexibility index (Phi) is 6.46. The van der Waals surface area contributed by atoms with E-state index in [-0.39, 0.29) is 23.1 Å². The van der Waals surface area contributed by atoms with Crippen LogP contribution >= 0.6 is 0 Å². The van der Waals surface area contributed by atoms with Crippen molar-refractivity contribution in [2.24, 2.45) is 11.3 Å². The van der Waals surface area contributed by atoms with E-state index in [1.54, 1.807) is 11.9 Å². The summed E-state index contributed by atoms with van der Waals surface area (Å²) in [6.45, 7) is 6.29. The number of piperidine rings is 1. The molecule has 2 N–H and O–H groups in total. The Hall–Kier alpha value is -1.10. The van der Waals surface area contributed by atoms with Gasteiger partial charge in [0.25, 0.3) is 0 Å². The molecule has 1 aliphatic heterocycles. The molecule has 1 saturated heterocycles. The van der Waals surface area contributed by atoms with Crippen LogP contribution in [-0.2, 0) is 9.59 Å². The first kappa shape index (κ1) is 17.0. The maximum Gasteiger partial charge on any atom is 0.228 e. The van der Waals surface area contributed by atoms with Crippen LogP contribution in [0.1, 0.15) is 39.5 Å². The summed E-state index contributed by atoms with van der Waals surface area (Å²) in [5.74, 6) is 0.0189. The van der Waals surface area contributed by atoms with Crippen LogP contribution in [0.2, 0.25) is 0 Å². The highest BCUT2D eigenvalue weighted by Gasteiger charge is 2.40. The molecule has 0 radical (unpaired) electrons.